The van der Waals surface area contributed by atoms with Gasteiger partial charge in [-0.2, -0.15) is 0 Å². The lowest BCUT2D eigenvalue weighted by atomic mass is 10.1. The molecule has 0 aromatic heterocycles. The van der Waals surface area contributed by atoms with Crippen LogP contribution in [0.25, 0.3) is 0 Å². The molecule has 0 bridgehead atoms. The number of ether oxygens (including phenoxy) is 1. The molecule has 0 saturated heterocycles. The minimum Gasteiger partial charge on any atom is -0.482 e. The Labute approximate surface area is 206 Å². The van der Waals surface area contributed by atoms with Crippen molar-refractivity contribution in [1.82, 2.24) is 10.2 Å². The molecule has 0 saturated carbocycles. The van der Waals surface area contributed by atoms with E-state index in [-0.39, 0.29) is 31.0 Å². The second-order valence-corrected chi connectivity index (χ2v) is 9.26. The van der Waals surface area contributed by atoms with Gasteiger partial charge in [-0.05, 0) is 56.2 Å². The topological polar surface area (TPSA) is 58.6 Å². The number of nitrogens with one attached hydrogen (secondary N) is 1. The molecule has 5 nitrogen and oxygen atoms in total. The summed E-state index contributed by atoms with van der Waals surface area (Å²) in [6.07, 6.45) is 0.782. The maximum atomic E-state index is 13.1. The van der Waals surface area contributed by atoms with Crippen molar-refractivity contribution in [3.8, 4) is 5.75 Å². The fourth-order valence-corrected chi connectivity index (χ4v) is 3.75. The van der Waals surface area contributed by atoms with Crippen molar-refractivity contribution >= 4 is 62.5 Å². The number of carbonyl (C=O) groups is 2. The van der Waals surface area contributed by atoms with Gasteiger partial charge in [0.05, 0.1) is 15.1 Å². The average molecular weight is 551 g/mol. The number of benzene rings is 2. The Hall–Kier alpha value is -1.47. The lowest BCUT2D eigenvalue weighted by Crippen LogP contribution is -2.50. The van der Waals surface area contributed by atoms with Gasteiger partial charge >= 0.3 is 0 Å². The normalized spacial score (nSPS) is 12.7. The standard InChI is InChI=1S/C22H24BrCl3N2O3/c1-4-13(2)27-22(30)14(3)28(11-15-5-7-17(24)18(25)9-15)21(29)12-31-20-8-6-16(23)10-19(20)26/h5-10,13-14H,4,11-12H2,1-3H3,(H,27,30)/t13-,14-/m0/s1. The van der Waals surface area contributed by atoms with Crippen LogP contribution in [0.1, 0.15) is 32.8 Å². The molecule has 0 aliphatic heterocycles. The Kier molecular flexibility index (Phi) is 9.94. The second kappa shape index (κ2) is 12.0. The Balaban J connectivity index is 2.20. The van der Waals surface area contributed by atoms with E-state index in [2.05, 4.69) is 21.2 Å². The Morgan fingerprint density at radius 3 is 2.39 bits per heavy atom. The molecule has 9 heteroatoms. The van der Waals surface area contributed by atoms with Crippen molar-refractivity contribution in [3.05, 3.63) is 61.5 Å². The lowest BCUT2D eigenvalue weighted by molar-refractivity contribution is -0.142. The largest absolute Gasteiger partial charge is 0.482 e. The molecule has 168 valence electrons. The van der Waals surface area contributed by atoms with Crippen LogP contribution in [0.2, 0.25) is 15.1 Å². The predicted octanol–water partition coefficient (Wildman–Crippen LogP) is 6.12. The van der Waals surface area contributed by atoms with Gasteiger partial charge in [0.25, 0.3) is 5.91 Å². The molecule has 0 spiro atoms. The van der Waals surface area contributed by atoms with Crippen molar-refractivity contribution < 1.29 is 14.3 Å². The van der Waals surface area contributed by atoms with Crippen LogP contribution in [0, 0.1) is 0 Å². The van der Waals surface area contributed by atoms with Gasteiger partial charge in [-0.15, -0.1) is 0 Å². The van der Waals surface area contributed by atoms with Crippen LogP contribution in [0.15, 0.2) is 40.9 Å². The van der Waals surface area contributed by atoms with E-state index in [9.17, 15) is 9.59 Å². The molecular formula is C22H24BrCl3N2O3. The summed E-state index contributed by atoms with van der Waals surface area (Å²) in [5.41, 5.74) is 0.743. The maximum absolute atomic E-state index is 13.1. The highest BCUT2D eigenvalue weighted by Crippen LogP contribution is 2.28. The van der Waals surface area contributed by atoms with Crippen molar-refractivity contribution in [2.24, 2.45) is 0 Å². The molecule has 2 amide bonds. The summed E-state index contributed by atoms with van der Waals surface area (Å²) in [6.45, 7) is 5.46. The summed E-state index contributed by atoms with van der Waals surface area (Å²) in [5.74, 6) is -0.231. The van der Waals surface area contributed by atoms with Gasteiger partial charge in [-0.1, -0.05) is 63.7 Å². The number of rotatable bonds is 9. The monoisotopic (exact) mass is 548 g/mol. The summed E-state index contributed by atoms with van der Waals surface area (Å²) in [4.78, 5) is 27.2. The number of hydrogen-bond acceptors (Lipinski definition) is 3. The van der Waals surface area contributed by atoms with Crippen LogP contribution in [-0.2, 0) is 16.1 Å². The van der Waals surface area contributed by atoms with Crippen molar-refractivity contribution in [2.45, 2.75) is 45.8 Å². The Morgan fingerprint density at radius 1 is 1.06 bits per heavy atom. The van der Waals surface area contributed by atoms with Gasteiger partial charge in [0, 0.05) is 17.1 Å². The number of nitrogens with zero attached hydrogens (tertiary/aromatic N) is 1. The molecule has 2 aromatic rings. The quantitative estimate of drug-likeness (QED) is 0.409. The van der Waals surface area contributed by atoms with Gasteiger partial charge in [-0.3, -0.25) is 9.59 Å². The van der Waals surface area contributed by atoms with Crippen molar-refractivity contribution in [3.63, 3.8) is 0 Å². The van der Waals surface area contributed by atoms with Crippen LogP contribution in [0.5, 0.6) is 5.75 Å². The average Bonchev–Trinajstić information content (AvgIpc) is 2.72. The van der Waals surface area contributed by atoms with Gasteiger partial charge in [-0.25, -0.2) is 0 Å². The van der Waals surface area contributed by atoms with Crippen molar-refractivity contribution in [2.75, 3.05) is 6.61 Å². The summed E-state index contributed by atoms with van der Waals surface area (Å²) < 4.78 is 6.42. The number of carbonyl (C=O) groups excluding carboxylic acids is 2. The van der Waals surface area contributed by atoms with Gasteiger partial charge in [0.15, 0.2) is 6.61 Å². The van der Waals surface area contributed by atoms with E-state index >= 15 is 0 Å². The minimum atomic E-state index is -0.722. The SMILES string of the molecule is CC[C@H](C)NC(=O)[C@H](C)N(Cc1ccc(Cl)c(Cl)c1)C(=O)COc1ccc(Br)cc1Cl. The number of hydrogen-bond donors (Lipinski definition) is 1. The van der Waals surface area contributed by atoms with Crippen LogP contribution in [-0.4, -0.2) is 35.4 Å². The highest BCUT2D eigenvalue weighted by Gasteiger charge is 2.27. The fraction of sp³-hybridized carbons (Fsp3) is 0.364. The minimum absolute atomic E-state index is 0.00491. The highest BCUT2D eigenvalue weighted by molar-refractivity contribution is 9.10. The third-order valence-corrected chi connectivity index (χ3v) is 6.28. The van der Waals surface area contributed by atoms with E-state index in [0.717, 1.165) is 16.5 Å². The van der Waals surface area contributed by atoms with Crippen LogP contribution in [0.4, 0.5) is 0 Å². The zero-order valence-corrected chi connectivity index (χ0v) is 21.3. The van der Waals surface area contributed by atoms with Crippen LogP contribution >= 0.6 is 50.7 Å². The first-order valence-corrected chi connectivity index (χ1v) is 11.7. The molecular weight excluding hydrogens is 527 g/mol. The van der Waals surface area contributed by atoms with E-state index in [1.54, 1.807) is 43.3 Å². The highest BCUT2D eigenvalue weighted by atomic mass is 79.9. The zero-order chi connectivity index (χ0) is 23.1. The van der Waals surface area contributed by atoms with Gasteiger partial charge in [0.1, 0.15) is 11.8 Å². The molecule has 0 radical (unpaired) electrons. The number of halogens is 4. The van der Waals surface area contributed by atoms with Crippen LogP contribution in [0.3, 0.4) is 0 Å². The van der Waals surface area contributed by atoms with Gasteiger partial charge in [0.2, 0.25) is 5.91 Å². The summed E-state index contributed by atoms with van der Waals surface area (Å²) >= 11 is 21.6. The summed E-state index contributed by atoms with van der Waals surface area (Å²) in [6, 6.07) is 9.48. The molecule has 2 aromatic carbocycles. The smallest absolute Gasteiger partial charge is 0.261 e. The van der Waals surface area contributed by atoms with E-state index in [4.69, 9.17) is 39.5 Å². The van der Waals surface area contributed by atoms with E-state index in [0.29, 0.717) is 20.8 Å². The summed E-state index contributed by atoms with van der Waals surface area (Å²) in [5, 5.41) is 4.08. The first kappa shape index (κ1) is 25.8. The second-order valence-electron chi connectivity index (χ2n) is 7.13. The molecule has 0 aliphatic rings. The molecule has 31 heavy (non-hydrogen) atoms. The fourth-order valence-electron chi connectivity index (χ4n) is 2.70. The van der Waals surface area contributed by atoms with Crippen molar-refractivity contribution in [1.29, 1.82) is 0 Å². The third kappa shape index (κ3) is 7.56. The zero-order valence-electron chi connectivity index (χ0n) is 17.4. The molecule has 0 fully saturated rings. The van der Waals surface area contributed by atoms with E-state index in [1.165, 1.54) is 4.90 Å². The Bertz CT molecular complexity index is 942. The molecule has 0 unspecified atom stereocenters. The molecule has 1 N–H and O–H groups in total. The van der Waals surface area contributed by atoms with E-state index in [1.807, 2.05) is 13.8 Å². The van der Waals surface area contributed by atoms with Crippen LogP contribution < -0.4 is 10.1 Å². The molecule has 0 aliphatic carbocycles. The first-order chi connectivity index (χ1) is 14.6. The number of amides is 2. The third-order valence-electron chi connectivity index (χ3n) is 4.75. The summed E-state index contributed by atoms with van der Waals surface area (Å²) in [7, 11) is 0. The molecule has 2 rings (SSSR count). The lowest BCUT2D eigenvalue weighted by Gasteiger charge is -2.29. The van der Waals surface area contributed by atoms with E-state index < -0.39 is 6.04 Å². The maximum Gasteiger partial charge on any atom is 0.261 e. The molecule has 2 atom stereocenters. The Morgan fingerprint density at radius 2 is 1.77 bits per heavy atom. The van der Waals surface area contributed by atoms with Gasteiger partial charge < -0.3 is 15.0 Å². The first-order valence-electron chi connectivity index (χ1n) is 9.74. The predicted molar refractivity (Wildman–Crippen MR) is 129 cm³/mol. The molecule has 0 heterocycles.